The van der Waals surface area contributed by atoms with Gasteiger partial charge in [0.15, 0.2) is 5.62 Å². The Morgan fingerprint density at radius 3 is 2.53 bits per heavy atom. The standard InChI is InChI=1S/C11H14ClO3PS/c1-8(2)15-11(13)9-6-4-5-7-10(9)16(12,17)14-3/h4-8H,1-3H3. The van der Waals surface area contributed by atoms with Crippen molar-refractivity contribution in [2.24, 2.45) is 0 Å². The molecule has 0 N–H and O–H groups in total. The molecule has 1 aromatic rings. The number of halogens is 1. The lowest BCUT2D eigenvalue weighted by Crippen LogP contribution is -2.19. The van der Waals surface area contributed by atoms with Gasteiger partial charge in [0.05, 0.1) is 11.7 Å². The van der Waals surface area contributed by atoms with Gasteiger partial charge >= 0.3 is 5.97 Å². The zero-order chi connectivity index (χ0) is 13.1. The molecule has 94 valence electrons. The van der Waals surface area contributed by atoms with Crippen molar-refractivity contribution >= 4 is 39.9 Å². The van der Waals surface area contributed by atoms with Crippen LogP contribution in [0.25, 0.3) is 0 Å². The first-order chi connectivity index (χ1) is 7.88. The second kappa shape index (κ2) is 5.96. The monoisotopic (exact) mass is 292 g/mol. The van der Waals surface area contributed by atoms with Crippen LogP contribution in [0.3, 0.4) is 0 Å². The molecular formula is C11H14ClO3PS. The number of esters is 1. The Labute approximate surface area is 111 Å². The van der Waals surface area contributed by atoms with Crippen LogP contribution in [0.4, 0.5) is 0 Å². The van der Waals surface area contributed by atoms with Gasteiger partial charge in [-0.3, -0.25) is 0 Å². The Kier molecular flexibility index (Phi) is 5.14. The van der Waals surface area contributed by atoms with Crippen molar-refractivity contribution in [1.82, 2.24) is 0 Å². The Morgan fingerprint density at radius 1 is 1.41 bits per heavy atom. The number of hydrogen-bond donors (Lipinski definition) is 0. The largest absolute Gasteiger partial charge is 0.459 e. The molecule has 17 heavy (non-hydrogen) atoms. The molecule has 0 aliphatic rings. The number of carbonyl (C=O) groups is 1. The quantitative estimate of drug-likeness (QED) is 0.631. The molecule has 1 rings (SSSR count). The highest BCUT2D eigenvalue weighted by molar-refractivity contribution is 8.28. The molecule has 0 radical (unpaired) electrons. The molecule has 0 saturated carbocycles. The molecule has 1 aromatic carbocycles. The molecule has 0 aromatic heterocycles. The van der Waals surface area contributed by atoms with E-state index in [-0.39, 0.29) is 6.10 Å². The molecule has 0 amide bonds. The van der Waals surface area contributed by atoms with Crippen LogP contribution in [0.15, 0.2) is 24.3 Å². The van der Waals surface area contributed by atoms with Gasteiger partial charge in [0, 0.05) is 12.4 Å². The summed E-state index contributed by atoms with van der Waals surface area (Å²) in [5, 5.41) is 0.532. The highest BCUT2D eigenvalue weighted by Gasteiger charge is 2.23. The van der Waals surface area contributed by atoms with E-state index in [1.807, 2.05) is 0 Å². The van der Waals surface area contributed by atoms with Crippen molar-refractivity contribution in [3.05, 3.63) is 29.8 Å². The minimum atomic E-state index is -2.66. The van der Waals surface area contributed by atoms with Crippen LogP contribution in [-0.2, 0) is 21.1 Å². The second-order valence-corrected chi connectivity index (χ2v) is 9.01. The fourth-order valence-electron chi connectivity index (χ4n) is 1.26. The number of benzene rings is 1. The summed E-state index contributed by atoms with van der Waals surface area (Å²) in [6.45, 7) is 3.57. The van der Waals surface area contributed by atoms with Crippen LogP contribution in [0.2, 0.25) is 0 Å². The first-order valence-electron chi connectivity index (χ1n) is 5.04. The summed E-state index contributed by atoms with van der Waals surface area (Å²) in [6.07, 6.45) is -0.189. The first kappa shape index (κ1) is 14.7. The summed E-state index contributed by atoms with van der Waals surface area (Å²) in [5.74, 6) is -0.428. The maximum Gasteiger partial charge on any atom is 0.339 e. The zero-order valence-electron chi connectivity index (χ0n) is 9.84. The van der Waals surface area contributed by atoms with E-state index < -0.39 is 11.6 Å². The summed E-state index contributed by atoms with van der Waals surface area (Å²) < 4.78 is 10.2. The molecule has 0 fully saturated rings. The molecule has 0 aliphatic heterocycles. The third-order valence-corrected chi connectivity index (χ3v) is 5.42. The predicted molar refractivity (Wildman–Crippen MR) is 73.8 cm³/mol. The lowest BCUT2D eigenvalue weighted by atomic mass is 10.2. The van der Waals surface area contributed by atoms with Crippen LogP contribution in [0.1, 0.15) is 24.2 Å². The van der Waals surface area contributed by atoms with Crippen LogP contribution in [0, 0.1) is 0 Å². The minimum absolute atomic E-state index is 0.189. The van der Waals surface area contributed by atoms with Gasteiger partial charge in [0.2, 0.25) is 0 Å². The molecule has 0 bridgehead atoms. The molecular weight excluding hydrogens is 279 g/mol. The third kappa shape index (κ3) is 3.78. The number of carbonyl (C=O) groups excluding carboxylic acids is 1. The summed E-state index contributed by atoms with van der Waals surface area (Å²) in [7, 11) is 1.44. The Bertz CT molecular complexity index is 462. The second-order valence-electron chi connectivity index (χ2n) is 3.63. The maximum absolute atomic E-state index is 11.9. The summed E-state index contributed by atoms with van der Waals surface area (Å²) >= 11 is 11.3. The average molecular weight is 293 g/mol. The van der Waals surface area contributed by atoms with Crippen LogP contribution < -0.4 is 5.30 Å². The number of hydrogen-bond acceptors (Lipinski definition) is 4. The topological polar surface area (TPSA) is 35.5 Å². The molecule has 1 atom stereocenters. The fourth-order valence-corrected chi connectivity index (χ4v) is 3.09. The highest BCUT2D eigenvalue weighted by Crippen LogP contribution is 2.51. The van der Waals surface area contributed by atoms with E-state index in [1.165, 1.54) is 7.11 Å². The van der Waals surface area contributed by atoms with Crippen molar-refractivity contribution in [1.29, 1.82) is 0 Å². The van der Waals surface area contributed by atoms with E-state index >= 15 is 0 Å². The average Bonchev–Trinajstić information content (AvgIpc) is 2.28. The molecule has 1 unspecified atom stereocenters. The van der Waals surface area contributed by atoms with Crippen LogP contribution in [-0.4, -0.2) is 19.2 Å². The van der Waals surface area contributed by atoms with E-state index in [0.29, 0.717) is 10.9 Å². The Morgan fingerprint density at radius 2 is 2.00 bits per heavy atom. The van der Waals surface area contributed by atoms with Crippen LogP contribution >= 0.6 is 16.9 Å². The molecule has 3 nitrogen and oxygen atoms in total. The number of rotatable bonds is 4. The fraction of sp³-hybridized carbons (Fsp3) is 0.364. The predicted octanol–water partition coefficient (Wildman–Crippen LogP) is 3.07. The highest BCUT2D eigenvalue weighted by atomic mass is 35.7. The summed E-state index contributed by atoms with van der Waals surface area (Å²) in [6, 6.07) is 6.85. The third-order valence-electron chi connectivity index (χ3n) is 1.99. The molecule has 0 spiro atoms. The maximum atomic E-state index is 11.9. The summed E-state index contributed by atoms with van der Waals surface area (Å²) in [5.41, 5.74) is -2.28. The Balaban J connectivity index is 3.17. The van der Waals surface area contributed by atoms with Crippen molar-refractivity contribution in [2.45, 2.75) is 20.0 Å². The van der Waals surface area contributed by atoms with Gasteiger partial charge in [0.1, 0.15) is 0 Å². The normalized spacial score (nSPS) is 14.4. The van der Waals surface area contributed by atoms with Gasteiger partial charge in [0.25, 0.3) is 0 Å². The van der Waals surface area contributed by atoms with Crippen molar-refractivity contribution in [3.63, 3.8) is 0 Å². The van der Waals surface area contributed by atoms with E-state index in [4.69, 9.17) is 32.3 Å². The SMILES string of the molecule is COP(=S)(Cl)c1ccccc1C(=O)OC(C)C. The lowest BCUT2D eigenvalue weighted by molar-refractivity contribution is 0.0379. The lowest BCUT2D eigenvalue weighted by Gasteiger charge is -2.16. The van der Waals surface area contributed by atoms with Gasteiger partial charge in [-0.1, -0.05) is 23.4 Å². The van der Waals surface area contributed by atoms with E-state index in [9.17, 15) is 4.79 Å². The van der Waals surface area contributed by atoms with Crippen molar-refractivity contribution in [2.75, 3.05) is 7.11 Å². The van der Waals surface area contributed by atoms with Crippen molar-refractivity contribution < 1.29 is 14.1 Å². The van der Waals surface area contributed by atoms with E-state index in [0.717, 1.165) is 0 Å². The number of ether oxygens (including phenoxy) is 1. The van der Waals surface area contributed by atoms with Gasteiger partial charge in [-0.15, -0.1) is 0 Å². The van der Waals surface area contributed by atoms with E-state index in [2.05, 4.69) is 0 Å². The Hall–Kier alpha value is -0.410. The summed E-state index contributed by atoms with van der Waals surface area (Å²) in [4.78, 5) is 11.9. The van der Waals surface area contributed by atoms with E-state index in [1.54, 1.807) is 38.1 Å². The van der Waals surface area contributed by atoms with Gasteiger partial charge in [-0.25, -0.2) is 4.79 Å². The van der Waals surface area contributed by atoms with Gasteiger partial charge in [-0.05, 0) is 37.8 Å². The molecule has 0 aliphatic carbocycles. The van der Waals surface area contributed by atoms with Gasteiger partial charge < -0.3 is 9.26 Å². The molecule has 0 heterocycles. The first-order valence-corrected chi connectivity index (χ1v) is 8.67. The van der Waals surface area contributed by atoms with Gasteiger partial charge in [-0.2, -0.15) is 0 Å². The minimum Gasteiger partial charge on any atom is -0.459 e. The van der Waals surface area contributed by atoms with Crippen LogP contribution in [0.5, 0.6) is 0 Å². The zero-order valence-corrected chi connectivity index (χ0v) is 12.3. The van der Waals surface area contributed by atoms with Crippen molar-refractivity contribution in [3.8, 4) is 0 Å². The smallest absolute Gasteiger partial charge is 0.339 e. The molecule has 6 heteroatoms. The molecule has 0 saturated heterocycles.